The van der Waals surface area contributed by atoms with E-state index in [0.717, 1.165) is 18.4 Å². The van der Waals surface area contributed by atoms with Crippen molar-refractivity contribution in [3.8, 4) is 17.2 Å². The Morgan fingerprint density at radius 3 is 2.47 bits per heavy atom. The SMILES string of the molecule is COc1cccc(C(=O)N2C(C(=O)NCCc3ccc(OC)c(OC)c3)CSC2C2CCCCC2)c1. The highest BCUT2D eigenvalue weighted by Crippen LogP contribution is 2.41. The lowest BCUT2D eigenvalue weighted by atomic mass is 9.88. The maximum absolute atomic E-state index is 13.8. The van der Waals surface area contributed by atoms with Crippen LogP contribution < -0.4 is 19.5 Å². The average molecular weight is 513 g/mol. The first kappa shape index (κ1) is 26.2. The van der Waals surface area contributed by atoms with E-state index in [9.17, 15) is 9.59 Å². The van der Waals surface area contributed by atoms with Crippen LogP contribution in [-0.4, -0.2) is 61.8 Å². The largest absolute Gasteiger partial charge is 0.497 e. The van der Waals surface area contributed by atoms with Gasteiger partial charge in [-0.3, -0.25) is 9.59 Å². The second-order valence-electron chi connectivity index (χ2n) is 9.31. The van der Waals surface area contributed by atoms with Crippen molar-refractivity contribution in [1.29, 1.82) is 0 Å². The molecule has 2 aromatic rings. The number of amides is 2. The molecule has 1 aliphatic carbocycles. The fourth-order valence-corrected chi connectivity index (χ4v) is 6.80. The lowest BCUT2D eigenvalue weighted by molar-refractivity contribution is -0.125. The molecule has 8 heteroatoms. The van der Waals surface area contributed by atoms with Crippen LogP contribution in [-0.2, 0) is 11.2 Å². The molecule has 7 nitrogen and oxygen atoms in total. The number of nitrogens with one attached hydrogen (secondary N) is 1. The molecule has 4 rings (SSSR count). The summed E-state index contributed by atoms with van der Waals surface area (Å²) in [5.41, 5.74) is 1.60. The van der Waals surface area contributed by atoms with Crippen LogP contribution in [0.2, 0.25) is 0 Å². The second-order valence-corrected chi connectivity index (χ2v) is 10.5. The molecule has 1 heterocycles. The van der Waals surface area contributed by atoms with Crippen LogP contribution in [0.25, 0.3) is 0 Å². The molecule has 0 bridgehead atoms. The van der Waals surface area contributed by atoms with Crippen molar-refractivity contribution in [3.63, 3.8) is 0 Å². The van der Waals surface area contributed by atoms with E-state index in [0.29, 0.717) is 47.4 Å². The summed E-state index contributed by atoms with van der Waals surface area (Å²) in [6.07, 6.45) is 6.48. The van der Waals surface area contributed by atoms with Gasteiger partial charge in [0, 0.05) is 17.9 Å². The highest BCUT2D eigenvalue weighted by Gasteiger charge is 2.45. The van der Waals surface area contributed by atoms with Crippen molar-refractivity contribution < 1.29 is 23.8 Å². The van der Waals surface area contributed by atoms with Crippen LogP contribution in [0.1, 0.15) is 48.0 Å². The molecule has 194 valence electrons. The third-order valence-corrected chi connectivity index (χ3v) is 8.56. The predicted octanol–water partition coefficient (Wildman–Crippen LogP) is 4.54. The van der Waals surface area contributed by atoms with E-state index in [2.05, 4.69) is 5.32 Å². The van der Waals surface area contributed by atoms with Crippen LogP contribution >= 0.6 is 11.8 Å². The summed E-state index contributed by atoms with van der Waals surface area (Å²) in [4.78, 5) is 29.0. The maximum Gasteiger partial charge on any atom is 0.255 e. The van der Waals surface area contributed by atoms with Crippen LogP contribution in [0.5, 0.6) is 17.2 Å². The van der Waals surface area contributed by atoms with E-state index >= 15 is 0 Å². The van der Waals surface area contributed by atoms with Crippen molar-refractivity contribution >= 4 is 23.6 Å². The van der Waals surface area contributed by atoms with Gasteiger partial charge in [-0.2, -0.15) is 0 Å². The van der Waals surface area contributed by atoms with Crippen molar-refractivity contribution in [1.82, 2.24) is 10.2 Å². The fourth-order valence-electron chi connectivity index (χ4n) is 5.16. The van der Waals surface area contributed by atoms with Gasteiger partial charge in [0.05, 0.1) is 26.7 Å². The molecule has 0 aromatic heterocycles. The number of hydrogen-bond donors (Lipinski definition) is 1. The Morgan fingerprint density at radius 1 is 0.972 bits per heavy atom. The molecule has 2 atom stereocenters. The number of carbonyl (C=O) groups excluding carboxylic acids is 2. The molecule has 2 aromatic carbocycles. The lowest BCUT2D eigenvalue weighted by Crippen LogP contribution is -2.51. The number of hydrogen-bond acceptors (Lipinski definition) is 6. The van der Waals surface area contributed by atoms with Crippen molar-refractivity contribution in [2.45, 2.75) is 49.9 Å². The molecule has 1 N–H and O–H groups in total. The monoisotopic (exact) mass is 512 g/mol. The zero-order chi connectivity index (χ0) is 25.5. The van der Waals surface area contributed by atoms with Crippen LogP contribution in [0.4, 0.5) is 0 Å². The van der Waals surface area contributed by atoms with Gasteiger partial charge < -0.3 is 24.4 Å². The van der Waals surface area contributed by atoms with Crippen LogP contribution in [0, 0.1) is 5.92 Å². The number of rotatable bonds is 9. The minimum absolute atomic E-state index is 0.0191. The fraction of sp³-hybridized carbons (Fsp3) is 0.500. The first-order valence-corrected chi connectivity index (χ1v) is 13.7. The molecule has 1 saturated heterocycles. The van der Waals surface area contributed by atoms with Gasteiger partial charge in [0.2, 0.25) is 5.91 Å². The Balaban J connectivity index is 1.47. The normalized spacial score (nSPS) is 20.1. The molecule has 1 saturated carbocycles. The molecule has 0 spiro atoms. The van der Waals surface area contributed by atoms with Crippen LogP contribution in [0.15, 0.2) is 42.5 Å². The Kier molecular flexibility index (Phi) is 9.02. The Hall–Kier alpha value is -2.87. The zero-order valence-electron chi connectivity index (χ0n) is 21.3. The first-order valence-electron chi connectivity index (χ1n) is 12.6. The Morgan fingerprint density at radius 2 is 1.75 bits per heavy atom. The summed E-state index contributed by atoms with van der Waals surface area (Å²) in [7, 11) is 4.81. The van der Waals surface area contributed by atoms with Gasteiger partial charge in [-0.15, -0.1) is 11.8 Å². The summed E-state index contributed by atoms with van der Waals surface area (Å²) in [5, 5.41) is 3.10. The minimum Gasteiger partial charge on any atom is -0.497 e. The zero-order valence-corrected chi connectivity index (χ0v) is 22.1. The Labute approximate surface area is 217 Å². The van der Waals surface area contributed by atoms with Gasteiger partial charge in [0.15, 0.2) is 11.5 Å². The molecule has 0 radical (unpaired) electrons. The number of thioether (sulfide) groups is 1. The molecule has 36 heavy (non-hydrogen) atoms. The molecule has 2 unspecified atom stereocenters. The molecule has 2 amide bonds. The number of carbonyl (C=O) groups is 2. The van der Waals surface area contributed by atoms with Gasteiger partial charge in [-0.25, -0.2) is 0 Å². The van der Waals surface area contributed by atoms with Gasteiger partial charge in [-0.05, 0) is 61.1 Å². The van der Waals surface area contributed by atoms with E-state index in [1.165, 1.54) is 19.3 Å². The number of ether oxygens (including phenoxy) is 3. The molecule has 1 aliphatic heterocycles. The molecule has 2 aliphatic rings. The van der Waals surface area contributed by atoms with Crippen molar-refractivity contribution in [2.24, 2.45) is 5.92 Å². The second kappa shape index (κ2) is 12.4. The van der Waals surface area contributed by atoms with E-state index in [1.54, 1.807) is 45.2 Å². The summed E-state index contributed by atoms with van der Waals surface area (Å²) < 4.78 is 16.0. The predicted molar refractivity (Wildman–Crippen MR) is 142 cm³/mol. The summed E-state index contributed by atoms with van der Waals surface area (Å²) in [6.45, 7) is 0.477. The topological polar surface area (TPSA) is 77.1 Å². The van der Waals surface area contributed by atoms with Crippen molar-refractivity contribution in [3.05, 3.63) is 53.6 Å². The number of benzene rings is 2. The van der Waals surface area contributed by atoms with Crippen molar-refractivity contribution in [2.75, 3.05) is 33.6 Å². The van der Waals surface area contributed by atoms with E-state index in [4.69, 9.17) is 14.2 Å². The highest BCUT2D eigenvalue weighted by atomic mass is 32.2. The standard InChI is InChI=1S/C28H36N2O5S/c1-33-22-11-7-10-21(17-22)27(32)30-23(18-36-28(30)20-8-5-4-6-9-20)26(31)29-15-14-19-12-13-24(34-2)25(16-19)35-3/h7,10-13,16-17,20,23,28H,4-6,8-9,14-15,18H2,1-3H3,(H,29,31). The Bertz CT molecular complexity index is 1060. The maximum atomic E-state index is 13.8. The number of nitrogens with zero attached hydrogens (tertiary/aromatic N) is 1. The lowest BCUT2D eigenvalue weighted by Gasteiger charge is -2.35. The third-order valence-electron chi connectivity index (χ3n) is 7.10. The van der Waals surface area contributed by atoms with E-state index in [-0.39, 0.29) is 17.2 Å². The van der Waals surface area contributed by atoms with E-state index < -0.39 is 6.04 Å². The quantitative estimate of drug-likeness (QED) is 0.532. The van der Waals surface area contributed by atoms with E-state index in [1.807, 2.05) is 35.2 Å². The number of methoxy groups -OCH3 is 3. The van der Waals surface area contributed by atoms with Gasteiger partial charge in [-0.1, -0.05) is 31.4 Å². The minimum atomic E-state index is -0.494. The molecule has 2 fully saturated rings. The third kappa shape index (κ3) is 5.91. The average Bonchev–Trinajstić information content (AvgIpc) is 3.38. The molecular weight excluding hydrogens is 476 g/mol. The first-order chi connectivity index (χ1) is 17.5. The summed E-state index contributed by atoms with van der Waals surface area (Å²) in [6, 6.07) is 12.5. The van der Waals surface area contributed by atoms with Gasteiger partial charge in [0.25, 0.3) is 5.91 Å². The summed E-state index contributed by atoms with van der Waals surface area (Å²) in [5.74, 6) is 2.80. The van der Waals surface area contributed by atoms with Gasteiger partial charge >= 0.3 is 0 Å². The molecular formula is C28H36N2O5S. The summed E-state index contributed by atoms with van der Waals surface area (Å²) >= 11 is 1.75. The highest BCUT2D eigenvalue weighted by molar-refractivity contribution is 8.00. The van der Waals surface area contributed by atoms with Crippen LogP contribution in [0.3, 0.4) is 0 Å². The van der Waals surface area contributed by atoms with Gasteiger partial charge in [0.1, 0.15) is 11.8 Å². The smallest absolute Gasteiger partial charge is 0.255 e.